The Morgan fingerprint density at radius 1 is 1.53 bits per heavy atom. The summed E-state index contributed by atoms with van der Waals surface area (Å²) in [6, 6.07) is 5.33. The van der Waals surface area contributed by atoms with Crippen LogP contribution in [0.2, 0.25) is 0 Å². The van der Waals surface area contributed by atoms with Gasteiger partial charge in [-0.05, 0) is 50.9 Å². The molecule has 0 radical (unpaired) electrons. The van der Waals surface area contributed by atoms with E-state index in [0.717, 1.165) is 24.6 Å². The minimum Gasteiger partial charge on any atom is -0.469 e. The molecule has 0 spiro atoms. The summed E-state index contributed by atoms with van der Waals surface area (Å²) in [4.78, 5) is 2.61. The standard InChI is InChI=1S/C16H28N2O/c1-4-8-17-16-7-9-18(12-13(16)2)14(3)11-15-6-5-10-19-15/h5-6,10,13-14,16-17H,4,7-9,11-12H2,1-3H3. The van der Waals surface area contributed by atoms with Gasteiger partial charge in [-0.1, -0.05) is 13.8 Å². The first-order valence-corrected chi connectivity index (χ1v) is 7.70. The molecule has 1 N–H and O–H groups in total. The Morgan fingerprint density at radius 2 is 2.37 bits per heavy atom. The first-order chi connectivity index (χ1) is 9.20. The maximum absolute atomic E-state index is 5.46. The molecule has 1 aromatic rings. The van der Waals surface area contributed by atoms with Crippen molar-refractivity contribution < 1.29 is 4.42 Å². The van der Waals surface area contributed by atoms with Crippen LogP contribution in [0.5, 0.6) is 0 Å². The zero-order valence-electron chi connectivity index (χ0n) is 12.6. The van der Waals surface area contributed by atoms with Gasteiger partial charge in [0, 0.05) is 25.0 Å². The molecule has 1 aliphatic heterocycles. The normalized spacial score (nSPS) is 26.5. The summed E-state index contributed by atoms with van der Waals surface area (Å²) < 4.78 is 5.46. The van der Waals surface area contributed by atoms with Crippen LogP contribution in [0.4, 0.5) is 0 Å². The summed E-state index contributed by atoms with van der Waals surface area (Å²) in [5.74, 6) is 1.84. The average molecular weight is 264 g/mol. The maximum Gasteiger partial charge on any atom is 0.105 e. The minimum atomic E-state index is 0.570. The van der Waals surface area contributed by atoms with Crippen LogP contribution in [-0.2, 0) is 6.42 Å². The SMILES string of the molecule is CCCNC1CCN(C(C)Cc2ccco2)CC1C. The van der Waals surface area contributed by atoms with Crippen molar-refractivity contribution in [3.05, 3.63) is 24.2 Å². The number of likely N-dealkylation sites (tertiary alicyclic amines) is 1. The Kier molecular flexibility index (Phi) is 5.46. The summed E-state index contributed by atoms with van der Waals surface area (Å²) in [6.45, 7) is 10.5. The molecule has 3 unspecified atom stereocenters. The molecule has 3 atom stereocenters. The van der Waals surface area contributed by atoms with Crippen LogP contribution in [0.15, 0.2) is 22.8 Å². The van der Waals surface area contributed by atoms with Gasteiger partial charge in [0.25, 0.3) is 0 Å². The van der Waals surface area contributed by atoms with E-state index in [-0.39, 0.29) is 0 Å². The number of hydrogen-bond acceptors (Lipinski definition) is 3. The Balaban J connectivity index is 1.80. The molecule has 0 aliphatic carbocycles. The Hall–Kier alpha value is -0.800. The lowest BCUT2D eigenvalue weighted by Crippen LogP contribution is -2.51. The van der Waals surface area contributed by atoms with E-state index < -0.39 is 0 Å². The van der Waals surface area contributed by atoms with Crippen molar-refractivity contribution >= 4 is 0 Å². The van der Waals surface area contributed by atoms with Crippen molar-refractivity contribution in [1.82, 2.24) is 10.2 Å². The van der Waals surface area contributed by atoms with E-state index in [9.17, 15) is 0 Å². The number of hydrogen-bond donors (Lipinski definition) is 1. The number of rotatable bonds is 6. The molecule has 0 amide bonds. The second kappa shape index (κ2) is 7.11. The molecule has 3 nitrogen and oxygen atoms in total. The van der Waals surface area contributed by atoms with Crippen molar-refractivity contribution in [3.63, 3.8) is 0 Å². The second-order valence-electron chi connectivity index (χ2n) is 5.95. The predicted octanol–water partition coefficient (Wildman–Crippen LogP) is 2.92. The van der Waals surface area contributed by atoms with Crippen LogP contribution in [-0.4, -0.2) is 36.6 Å². The largest absolute Gasteiger partial charge is 0.469 e. The van der Waals surface area contributed by atoms with Crippen molar-refractivity contribution in [2.45, 2.75) is 52.1 Å². The minimum absolute atomic E-state index is 0.570. The van der Waals surface area contributed by atoms with E-state index in [0.29, 0.717) is 12.1 Å². The van der Waals surface area contributed by atoms with Crippen molar-refractivity contribution in [2.75, 3.05) is 19.6 Å². The van der Waals surface area contributed by atoms with Gasteiger partial charge >= 0.3 is 0 Å². The first kappa shape index (κ1) is 14.6. The van der Waals surface area contributed by atoms with E-state index in [1.54, 1.807) is 6.26 Å². The monoisotopic (exact) mass is 264 g/mol. The van der Waals surface area contributed by atoms with Gasteiger partial charge in [0.15, 0.2) is 0 Å². The first-order valence-electron chi connectivity index (χ1n) is 7.70. The van der Waals surface area contributed by atoms with E-state index in [2.05, 4.69) is 37.1 Å². The lowest BCUT2D eigenvalue weighted by Gasteiger charge is -2.40. The van der Waals surface area contributed by atoms with Gasteiger partial charge in [0.1, 0.15) is 5.76 Å². The smallest absolute Gasteiger partial charge is 0.105 e. The quantitative estimate of drug-likeness (QED) is 0.856. The fourth-order valence-electron chi connectivity index (χ4n) is 3.06. The third kappa shape index (κ3) is 4.08. The molecule has 2 heterocycles. The molecule has 0 aromatic carbocycles. The summed E-state index contributed by atoms with van der Waals surface area (Å²) in [7, 11) is 0. The van der Waals surface area contributed by atoms with E-state index in [1.165, 1.54) is 25.9 Å². The number of furan rings is 1. The van der Waals surface area contributed by atoms with E-state index in [1.807, 2.05) is 6.07 Å². The van der Waals surface area contributed by atoms with Crippen LogP contribution in [0.3, 0.4) is 0 Å². The zero-order chi connectivity index (χ0) is 13.7. The van der Waals surface area contributed by atoms with Crippen LogP contribution in [0.25, 0.3) is 0 Å². The van der Waals surface area contributed by atoms with Crippen molar-refractivity contribution in [1.29, 1.82) is 0 Å². The highest BCUT2D eigenvalue weighted by Gasteiger charge is 2.28. The van der Waals surface area contributed by atoms with Gasteiger partial charge in [0.05, 0.1) is 6.26 Å². The summed E-state index contributed by atoms with van der Waals surface area (Å²) >= 11 is 0. The van der Waals surface area contributed by atoms with Crippen LogP contribution in [0, 0.1) is 5.92 Å². The highest BCUT2D eigenvalue weighted by atomic mass is 16.3. The molecule has 1 fully saturated rings. The van der Waals surface area contributed by atoms with Crippen molar-refractivity contribution in [3.8, 4) is 0 Å². The average Bonchev–Trinajstić information content (AvgIpc) is 2.90. The molecule has 1 saturated heterocycles. The summed E-state index contributed by atoms with van der Waals surface area (Å²) in [6.07, 6.45) is 5.28. The number of nitrogens with zero attached hydrogens (tertiary/aromatic N) is 1. The van der Waals surface area contributed by atoms with E-state index in [4.69, 9.17) is 4.42 Å². The van der Waals surface area contributed by atoms with Gasteiger partial charge in [-0.25, -0.2) is 0 Å². The highest BCUT2D eigenvalue weighted by molar-refractivity contribution is 5.00. The summed E-state index contributed by atoms with van der Waals surface area (Å²) in [5.41, 5.74) is 0. The third-order valence-corrected chi connectivity index (χ3v) is 4.29. The Labute approximate surface area is 117 Å². The highest BCUT2D eigenvalue weighted by Crippen LogP contribution is 2.20. The second-order valence-corrected chi connectivity index (χ2v) is 5.95. The predicted molar refractivity (Wildman–Crippen MR) is 79.3 cm³/mol. The van der Waals surface area contributed by atoms with Gasteiger partial charge in [-0.2, -0.15) is 0 Å². The molecule has 1 aromatic heterocycles. The molecule has 0 bridgehead atoms. The number of nitrogens with one attached hydrogen (secondary N) is 1. The van der Waals surface area contributed by atoms with Gasteiger partial charge in [-0.3, -0.25) is 4.90 Å². The van der Waals surface area contributed by atoms with Crippen LogP contribution >= 0.6 is 0 Å². The molecule has 0 saturated carbocycles. The maximum atomic E-state index is 5.46. The molecule has 1 aliphatic rings. The van der Waals surface area contributed by atoms with Crippen LogP contribution in [0.1, 0.15) is 39.4 Å². The topological polar surface area (TPSA) is 28.4 Å². The van der Waals surface area contributed by atoms with Crippen LogP contribution < -0.4 is 5.32 Å². The Bertz CT molecular complexity index is 350. The van der Waals surface area contributed by atoms with Gasteiger partial charge in [0.2, 0.25) is 0 Å². The van der Waals surface area contributed by atoms with Crippen molar-refractivity contribution in [2.24, 2.45) is 5.92 Å². The third-order valence-electron chi connectivity index (χ3n) is 4.29. The molecule has 19 heavy (non-hydrogen) atoms. The Morgan fingerprint density at radius 3 is 3.00 bits per heavy atom. The lowest BCUT2D eigenvalue weighted by atomic mass is 9.92. The zero-order valence-corrected chi connectivity index (χ0v) is 12.6. The molecule has 3 heteroatoms. The fraction of sp³-hybridized carbons (Fsp3) is 0.750. The van der Waals surface area contributed by atoms with Gasteiger partial charge in [-0.15, -0.1) is 0 Å². The van der Waals surface area contributed by atoms with E-state index >= 15 is 0 Å². The fourth-order valence-corrected chi connectivity index (χ4v) is 3.06. The molecular formula is C16H28N2O. The molecule has 2 rings (SSSR count). The molecule has 108 valence electrons. The van der Waals surface area contributed by atoms with Gasteiger partial charge < -0.3 is 9.73 Å². The number of piperidine rings is 1. The summed E-state index contributed by atoms with van der Waals surface area (Å²) in [5, 5.41) is 3.68. The lowest BCUT2D eigenvalue weighted by molar-refractivity contribution is 0.108. The molecular weight excluding hydrogens is 236 g/mol.